The number of nitrogens with zero attached hydrogens (tertiary/aromatic N) is 2. The lowest BCUT2D eigenvalue weighted by molar-refractivity contribution is 0.0600. The maximum absolute atomic E-state index is 11.4. The van der Waals surface area contributed by atoms with E-state index in [-0.39, 0.29) is 10.7 Å². The molecule has 2 rings (SSSR count). The number of aromatic nitrogens is 1. The van der Waals surface area contributed by atoms with Crippen LogP contribution in [-0.2, 0) is 10.2 Å². The summed E-state index contributed by atoms with van der Waals surface area (Å²) in [6.45, 7) is 0. The quantitative estimate of drug-likeness (QED) is 0.583. The van der Waals surface area contributed by atoms with E-state index in [1.54, 1.807) is 12.3 Å². The summed E-state index contributed by atoms with van der Waals surface area (Å²) < 4.78 is 4.59. The zero-order chi connectivity index (χ0) is 11.8. The van der Waals surface area contributed by atoms with E-state index in [0.717, 1.165) is 18.4 Å². The highest BCUT2D eigenvalue weighted by molar-refractivity contribution is 6.32. The SMILES string of the molecule is COC(=O)c1cc(C2(C#N)CC2)cnc1Cl. The van der Waals surface area contributed by atoms with Gasteiger partial charge in [-0.3, -0.25) is 0 Å². The van der Waals surface area contributed by atoms with E-state index in [2.05, 4.69) is 15.8 Å². The second kappa shape index (κ2) is 3.76. The fourth-order valence-electron chi connectivity index (χ4n) is 1.55. The number of rotatable bonds is 2. The molecule has 1 heterocycles. The number of hydrogen-bond donors (Lipinski definition) is 0. The minimum atomic E-state index is -0.534. The fraction of sp³-hybridized carbons (Fsp3) is 0.364. The van der Waals surface area contributed by atoms with Crippen LogP contribution < -0.4 is 0 Å². The highest BCUT2D eigenvalue weighted by Crippen LogP contribution is 2.47. The Balaban J connectivity index is 2.45. The Bertz CT molecular complexity index is 489. The highest BCUT2D eigenvalue weighted by atomic mass is 35.5. The Morgan fingerprint density at radius 2 is 2.38 bits per heavy atom. The molecule has 0 unspecified atom stereocenters. The predicted octanol–water partition coefficient (Wildman–Crippen LogP) is 2.08. The van der Waals surface area contributed by atoms with Gasteiger partial charge in [0.2, 0.25) is 0 Å². The number of hydrogen-bond acceptors (Lipinski definition) is 4. The lowest BCUT2D eigenvalue weighted by Crippen LogP contribution is -2.09. The number of pyridine rings is 1. The van der Waals surface area contributed by atoms with Gasteiger partial charge in [0.1, 0.15) is 5.15 Å². The van der Waals surface area contributed by atoms with Crippen LogP contribution >= 0.6 is 11.6 Å². The maximum Gasteiger partial charge on any atom is 0.341 e. The molecule has 1 saturated carbocycles. The minimum absolute atomic E-state index is 0.101. The average Bonchev–Trinajstić information content (AvgIpc) is 3.09. The van der Waals surface area contributed by atoms with E-state index in [4.69, 9.17) is 16.9 Å². The van der Waals surface area contributed by atoms with Crippen LogP contribution in [0.4, 0.5) is 0 Å². The summed E-state index contributed by atoms with van der Waals surface area (Å²) in [5, 5.41) is 9.14. The molecule has 0 aliphatic heterocycles. The molecule has 0 saturated heterocycles. The molecule has 1 aliphatic rings. The zero-order valence-corrected chi connectivity index (χ0v) is 9.41. The molecule has 4 nitrogen and oxygen atoms in total. The van der Waals surface area contributed by atoms with Gasteiger partial charge in [-0.05, 0) is 24.5 Å². The molecule has 5 heteroatoms. The van der Waals surface area contributed by atoms with Crippen molar-refractivity contribution >= 4 is 17.6 Å². The first-order valence-electron chi connectivity index (χ1n) is 4.78. The number of halogens is 1. The van der Waals surface area contributed by atoms with Gasteiger partial charge in [0.25, 0.3) is 0 Å². The molecule has 0 atom stereocenters. The van der Waals surface area contributed by atoms with Crippen molar-refractivity contribution in [3.63, 3.8) is 0 Å². The fourth-order valence-corrected chi connectivity index (χ4v) is 1.73. The van der Waals surface area contributed by atoms with Gasteiger partial charge < -0.3 is 4.74 Å². The monoisotopic (exact) mass is 236 g/mol. The third-order valence-electron chi connectivity index (χ3n) is 2.76. The van der Waals surface area contributed by atoms with Crippen molar-refractivity contribution in [2.24, 2.45) is 0 Å². The van der Waals surface area contributed by atoms with Gasteiger partial charge in [-0.15, -0.1) is 0 Å². The van der Waals surface area contributed by atoms with Crippen LogP contribution in [0.5, 0.6) is 0 Å². The standard InChI is InChI=1S/C11H9ClN2O2/c1-16-10(15)8-4-7(5-14-9(8)12)11(6-13)2-3-11/h4-5H,2-3H2,1H3. The van der Waals surface area contributed by atoms with Gasteiger partial charge >= 0.3 is 5.97 Å². The molecule has 1 fully saturated rings. The third-order valence-corrected chi connectivity index (χ3v) is 3.06. The van der Waals surface area contributed by atoms with Crippen LogP contribution in [0.1, 0.15) is 28.8 Å². The number of methoxy groups -OCH3 is 1. The molecule has 0 N–H and O–H groups in total. The van der Waals surface area contributed by atoms with Crippen molar-refractivity contribution < 1.29 is 9.53 Å². The molecule has 16 heavy (non-hydrogen) atoms. The molecule has 1 aromatic rings. The summed E-state index contributed by atoms with van der Waals surface area (Å²) >= 11 is 5.79. The van der Waals surface area contributed by atoms with E-state index < -0.39 is 11.4 Å². The highest BCUT2D eigenvalue weighted by Gasteiger charge is 2.45. The number of ether oxygens (including phenoxy) is 1. The van der Waals surface area contributed by atoms with Crippen molar-refractivity contribution in [2.75, 3.05) is 7.11 Å². The Morgan fingerprint density at radius 3 is 2.88 bits per heavy atom. The van der Waals surface area contributed by atoms with Crippen LogP contribution in [-0.4, -0.2) is 18.1 Å². The van der Waals surface area contributed by atoms with E-state index in [0.29, 0.717) is 0 Å². The zero-order valence-electron chi connectivity index (χ0n) is 8.66. The summed E-state index contributed by atoms with van der Waals surface area (Å²) in [5.41, 5.74) is 0.475. The third kappa shape index (κ3) is 1.63. The molecular weight excluding hydrogens is 228 g/mol. The molecule has 0 aromatic carbocycles. The van der Waals surface area contributed by atoms with Crippen molar-refractivity contribution in [1.29, 1.82) is 5.26 Å². The van der Waals surface area contributed by atoms with E-state index in [9.17, 15) is 4.79 Å². The summed E-state index contributed by atoms with van der Waals surface area (Å²) in [5.74, 6) is -0.534. The predicted molar refractivity (Wildman–Crippen MR) is 57.1 cm³/mol. The second-order valence-corrected chi connectivity index (χ2v) is 4.11. The van der Waals surface area contributed by atoms with Gasteiger partial charge in [0.15, 0.2) is 0 Å². The maximum atomic E-state index is 11.4. The van der Waals surface area contributed by atoms with Crippen LogP contribution in [0, 0.1) is 11.3 Å². The summed E-state index contributed by atoms with van der Waals surface area (Å²) in [4.78, 5) is 15.3. The topological polar surface area (TPSA) is 63.0 Å². The average molecular weight is 237 g/mol. The Labute approximate surface area is 97.8 Å². The summed E-state index contributed by atoms with van der Waals surface area (Å²) in [6, 6.07) is 3.83. The summed E-state index contributed by atoms with van der Waals surface area (Å²) in [6.07, 6.45) is 3.14. The molecule has 0 bridgehead atoms. The van der Waals surface area contributed by atoms with Crippen LogP contribution in [0.25, 0.3) is 0 Å². The van der Waals surface area contributed by atoms with E-state index in [1.165, 1.54) is 7.11 Å². The minimum Gasteiger partial charge on any atom is -0.465 e. The lowest BCUT2D eigenvalue weighted by atomic mass is 9.98. The molecule has 0 amide bonds. The Morgan fingerprint density at radius 1 is 1.69 bits per heavy atom. The van der Waals surface area contributed by atoms with Crippen molar-refractivity contribution in [1.82, 2.24) is 4.98 Å². The number of carbonyl (C=O) groups excluding carboxylic acids is 1. The van der Waals surface area contributed by atoms with Crippen molar-refractivity contribution in [3.05, 3.63) is 28.5 Å². The summed E-state index contributed by atoms with van der Waals surface area (Å²) in [7, 11) is 1.28. The second-order valence-electron chi connectivity index (χ2n) is 3.75. The Kier molecular flexibility index (Phi) is 2.56. The van der Waals surface area contributed by atoms with E-state index in [1.807, 2.05) is 0 Å². The number of esters is 1. The van der Waals surface area contributed by atoms with Crippen LogP contribution in [0.2, 0.25) is 5.15 Å². The van der Waals surface area contributed by atoms with Crippen LogP contribution in [0.3, 0.4) is 0 Å². The smallest absolute Gasteiger partial charge is 0.341 e. The van der Waals surface area contributed by atoms with Gasteiger partial charge in [-0.1, -0.05) is 11.6 Å². The van der Waals surface area contributed by atoms with Gasteiger partial charge in [0, 0.05) is 6.20 Å². The molecule has 0 spiro atoms. The number of nitriles is 1. The first kappa shape index (κ1) is 10.9. The van der Waals surface area contributed by atoms with Crippen LogP contribution in [0.15, 0.2) is 12.3 Å². The first-order valence-corrected chi connectivity index (χ1v) is 5.16. The van der Waals surface area contributed by atoms with Crippen molar-refractivity contribution in [2.45, 2.75) is 18.3 Å². The largest absolute Gasteiger partial charge is 0.465 e. The van der Waals surface area contributed by atoms with Gasteiger partial charge in [-0.2, -0.15) is 5.26 Å². The van der Waals surface area contributed by atoms with Gasteiger partial charge in [-0.25, -0.2) is 9.78 Å². The molecule has 0 radical (unpaired) electrons. The van der Waals surface area contributed by atoms with Crippen molar-refractivity contribution in [3.8, 4) is 6.07 Å². The number of carbonyl (C=O) groups is 1. The lowest BCUT2D eigenvalue weighted by Gasteiger charge is -2.08. The first-order chi connectivity index (χ1) is 7.63. The van der Waals surface area contributed by atoms with Gasteiger partial charge in [0.05, 0.1) is 24.2 Å². The normalized spacial score (nSPS) is 16.3. The van der Waals surface area contributed by atoms with E-state index >= 15 is 0 Å². The molecule has 1 aromatic heterocycles. The Hall–Kier alpha value is -1.60. The molecule has 1 aliphatic carbocycles. The molecule has 82 valence electrons. The molecular formula is C11H9ClN2O2.